The number of carboxylic acid groups (broad SMARTS) is 1. The molecule has 0 amide bonds. The van der Waals surface area contributed by atoms with Gasteiger partial charge in [-0.25, -0.2) is 0 Å². The Morgan fingerprint density at radius 2 is 2.00 bits per heavy atom. The smallest absolute Gasteiger partial charge is 0.320 e. The maximum atomic E-state index is 11.1. The minimum Gasteiger partial charge on any atom is -0.480 e. The number of halogens is 1. The van der Waals surface area contributed by atoms with E-state index in [-0.39, 0.29) is 12.2 Å². The summed E-state index contributed by atoms with van der Waals surface area (Å²) in [5.41, 5.74) is 0. The molecule has 0 radical (unpaired) electrons. The van der Waals surface area contributed by atoms with Crippen LogP contribution in [0.3, 0.4) is 0 Å². The molecule has 0 aliphatic heterocycles. The third-order valence-electron chi connectivity index (χ3n) is 1.50. The van der Waals surface area contributed by atoms with E-state index in [1.807, 2.05) is 6.92 Å². The van der Waals surface area contributed by atoms with Crippen LogP contribution in [0.4, 0.5) is 0 Å². The highest BCUT2D eigenvalue weighted by molar-refractivity contribution is 9.10. The first kappa shape index (κ1) is 11.6. The van der Waals surface area contributed by atoms with E-state index < -0.39 is 10.3 Å². The fourth-order valence-corrected chi connectivity index (χ4v) is 1.13. The molecule has 3 nitrogen and oxygen atoms in total. The molecule has 0 heterocycles. The molecule has 0 saturated heterocycles. The van der Waals surface area contributed by atoms with Gasteiger partial charge in [0.2, 0.25) is 0 Å². The first-order valence-corrected chi connectivity index (χ1v) is 4.63. The lowest BCUT2D eigenvalue weighted by molar-refractivity contribution is -0.141. The molecule has 0 rings (SSSR count). The van der Waals surface area contributed by atoms with Gasteiger partial charge >= 0.3 is 5.97 Å². The third-order valence-corrected chi connectivity index (χ3v) is 2.12. The molecule has 0 saturated carbocycles. The molecule has 1 unspecified atom stereocenters. The zero-order chi connectivity index (χ0) is 9.78. The van der Waals surface area contributed by atoms with Gasteiger partial charge in [0.15, 0.2) is 0 Å². The number of hydrogen-bond donors (Lipinski definition) is 1. The lowest BCUT2D eigenvalue weighted by Gasteiger charge is -2.15. The number of Topliss-reactive ketones (excluding diaryl/α,β-unsaturated/α-hetero) is 1. The number of carbonyl (C=O) groups is 2. The third kappa shape index (κ3) is 3.85. The molecule has 0 aromatic heterocycles. The molecule has 0 aromatic carbocycles. The van der Waals surface area contributed by atoms with Crippen LogP contribution in [0.5, 0.6) is 0 Å². The average Bonchev–Trinajstić information content (AvgIpc) is 1.85. The molecule has 0 bridgehead atoms. The number of ketones is 1. The Balaban J connectivity index is 4.06. The summed E-state index contributed by atoms with van der Waals surface area (Å²) >= 11 is 3.00. The normalized spacial score (nSPS) is 15.2. The second-order valence-electron chi connectivity index (χ2n) is 2.97. The molecule has 1 N–H and O–H groups in total. The first-order valence-electron chi connectivity index (χ1n) is 3.84. The van der Waals surface area contributed by atoms with Crippen LogP contribution >= 0.6 is 15.9 Å². The minimum atomic E-state index is -1.10. The van der Waals surface area contributed by atoms with Crippen LogP contribution in [-0.2, 0) is 9.59 Å². The lowest BCUT2D eigenvalue weighted by atomic mass is 10.0. The van der Waals surface area contributed by atoms with Crippen LogP contribution in [0.15, 0.2) is 0 Å². The Hall–Kier alpha value is -0.380. The van der Waals surface area contributed by atoms with Crippen LogP contribution in [0.25, 0.3) is 0 Å². The van der Waals surface area contributed by atoms with Crippen LogP contribution in [-0.4, -0.2) is 21.2 Å². The van der Waals surface area contributed by atoms with Crippen molar-refractivity contribution in [3.63, 3.8) is 0 Å². The molecule has 12 heavy (non-hydrogen) atoms. The second-order valence-corrected chi connectivity index (χ2v) is 4.72. The van der Waals surface area contributed by atoms with Crippen molar-refractivity contribution in [3.05, 3.63) is 0 Å². The highest BCUT2D eigenvalue weighted by Crippen LogP contribution is 2.23. The molecular formula is C8H13BrO3. The maximum Gasteiger partial charge on any atom is 0.320 e. The van der Waals surface area contributed by atoms with Crippen molar-refractivity contribution in [1.29, 1.82) is 0 Å². The van der Waals surface area contributed by atoms with Gasteiger partial charge in [0.1, 0.15) is 10.1 Å². The molecule has 4 heteroatoms. The predicted molar refractivity (Wildman–Crippen MR) is 49.5 cm³/mol. The van der Waals surface area contributed by atoms with Gasteiger partial charge in [-0.3, -0.25) is 9.59 Å². The SMILES string of the molecule is CCCC(=O)CC(C)(Br)C(=O)O. The van der Waals surface area contributed by atoms with Gasteiger partial charge in [-0.1, -0.05) is 22.9 Å². The summed E-state index contributed by atoms with van der Waals surface area (Å²) in [6.07, 6.45) is 1.27. The Bertz CT molecular complexity index is 187. The molecule has 1 atom stereocenters. The topological polar surface area (TPSA) is 54.4 Å². The Morgan fingerprint density at radius 3 is 2.33 bits per heavy atom. The van der Waals surface area contributed by atoms with E-state index in [0.29, 0.717) is 6.42 Å². The van der Waals surface area contributed by atoms with Crippen molar-refractivity contribution in [3.8, 4) is 0 Å². The number of rotatable bonds is 5. The van der Waals surface area contributed by atoms with Crippen LogP contribution < -0.4 is 0 Å². The van der Waals surface area contributed by atoms with E-state index in [2.05, 4.69) is 15.9 Å². The fourth-order valence-electron chi connectivity index (χ4n) is 0.813. The number of aliphatic carboxylic acids is 1. The van der Waals surface area contributed by atoms with E-state index >= 15 is 0 Å². The van der Waals surface area contributed by atoms with Gasteiger partial charge in [0, 0.05) is 12.8 Å². The van der Waals surface area contributed by atoms with E-state index in [0.717, 1.165) is 6.42 Å². The summed E-state index contributed by atoms with van der Waals surface area (Å²) in [7, 11) is 0. The number of hydrogen-bond acceptors (Lipinski definition) is 2. The summed E-state index contributed by atoms with van der Waals surface area (Å²) in [6, 6.07) is 0. The van der Waals surface area contributed by atoms with Gasteiger partial charge in [0.05, 0.1) is 0 Å². The maximum absolute atomic E-state index is 11.1. The Labute approximate surface area is 80.3 Å². The number of carbonyl (C=O) groups excluding carboxylic acids is 1. The summed E-state index contributed by atoms with van der Waals surface area (Å²) < 4.78 is -1.10. The van der Waals surface area contributed by atoms with Gasteiger partial charge in [-0.2, -0.15) is 0 Å². The monoisotopic (exact) mass is 236 g/mol. The zero-order valence-corrected chi connectivity index (χ0v) is 8.85. The van der Waals surface area contributed by atoms with Crippen molar-refractivity contribution in [2.75, 3.05) is 0 Å². The van der Waals surface area contributed by atoms with Crippen molar-refractivity contribution in [2.45, 2.75) is 37.4 Å². The fraction of sp³-hybridized carbons (Fsp3) is 0.750. The van der Waals surface area contributed by atoms with E-state index in [1.165, 1.54) is 6.92 Å². The molecule has 0 spiro atoms. The van der Waals surface area contributed by atoms with Crippen molar-refractivity contribution in [2.24, 2.45) is 0 Å². The summed E-state index contributed by atoms with van der Waals surface area (Å²) in [4.78, 5) is 21.6. The quantitative estimate of drug-likeness (QED) is 0.744. The predicted octanol–water partition coefficient (Wildman–Crippen LogP) is 1.98. The largest absolute Gasteiger partial charge is 0.480 e. The van der Waals surface area contributed by atoms with E-state index in [4.69, 9.17) is 5.11 Å². The molecule has 0 aromatic rings. The van der Waals surface area contributed by atoms with Gasteiger partial charge < -0.3 is 5.11 Å². The summed E-state index contributed by atoms with van der Waals surface area (Å²) in [6.45, 7) is 3.38. The van der Waals surface area contributed by atoms with E-state index in [1.54, 1.807) is 0 Å². The van der Waals surface area contributed by atoms with Crippen LogP contribution in [0.1, 0.15) is 33.1 Å². The zero-order valence-electron chi connectivity index (χ0n) is 7.26. The lowest BCUT2D eigenvalue weighted by Crippen LogP contribution is -2.30. The van der Waals surface area contributed by atoms with Crippen molar-refractivity contribution in [1.82, 2.24) is 0 Å². The standard InChI is InChI=1S/C8H13BrO3/c1-3-4-6(10)5-8(2,9)7(11)12/h3-5H2,1-2H3,(H,11,12). The summed E-state index contributed by atoms with van der Waals surface area (Å²) in [5, 5.41) is 8.66. The average molecular weight is 237 g/mol. The summed E-state index contributed by atoms with van der Waals surface area (Å²) in [5.74, 6) is -1.01. The highest BCUT2D eigenvalue weighted by Gasteiger charge is 2.31. The highest BCUT2D eigenvalue weighted by atomic mass is 79.9. The van der Waals surface area contributed by atoms with Crippen molar-refractivity contribution >= 4 is 27.7 Å². The van der Waals surface area contributed by atoms with Gasteiger partial charge in [0.25, 0.3) is 0 Å². The molecule has 0 aliphatic carbocycles. The van der Waals surface area contributed by atoms with Crippen molar-refractivity contribution < 1.29 is 14.7 Å². The minimum absolute atomic E-state index is 0.0146. The molecule has 0 aliphatic rings. The second kappa shape index (κ2) is 4.60. The van der Waals surface area contributed by atoms with E-state index in [9.17, 15) is 9.59 Å². The Kier molecular flexibility index (Phi) is 4.45. The van der Waals surface area contributed by atoms with Gasteiger partial charge in [-0.15, -0.1) is 0 Å². The molecular weight excluding hydrogens is 224 g/mol. The first-order chi connectivity index (χ1) is 5.40. The molecule has 0 fully saturated rings. The Morgan fingerprint density at radius 1 is 1.50 bits per heavy atom. The van der Waals surface area contributed by atoms with Gasteiger partial charge in [-0.05, 0) is 13.3 Å². The molecule has 70 valence electrons. The van der Waals surface area contributed by atoms with Crippen LogP contribution in [0.2, 0.25) is 0 Å². The number of alkyl halides is 1. The number of carboxylic acids is 1. The van der Waals surface area contributed by atoms with Crippen LogP contribution in [0, 0.1) is 0 Å².